The number of thiazole rings is 1. The number of primary sulfonamides is 1. The highest BCUT2D eigenvalue weighted by Crippen LogP contribution is 2.26. The summed E-state index contributed by atoms with van der Waals surface area (Å²) in [5.74, 6) is 0.131. The number of aromatic hydroxyl groups is 1. The molecule has 0 aliphatic rings. The molecule has 5 rings (SSSR count). The summed E-state index contributed by atoms with van der Waals surface area (Å²) < 4.78 is 24.6. The van der Waals surface area contributed by atoms with Gasteiger partial charge in [0, 0.05) is 19.4 Å². The van der Waals surface area contributed by atoms with Crippen molar-refractivity contribution in [3.8, 4) is 5.75 Å². The van der Waals surface area contributed by atoms with Gasteiger partial charge in [0.15, 0.2) is 0 Å². The third kappa shape index (κ3) is 6.34. The van der Waals surface area contributed by atoms with E-state index in [9.17, 15) is 13.5 Å². The topological polar surface area (TPSA) is 131 Å². The van der Waals surface area contributed by atoms with Gasteiger partial charge in [-0.15, -0.1) is 11.3 Å². The van der Waals surface area contributed by atoms with Crippen molar-refractivity contribution in [1.29, 1.82) is 0 Å². The van der Waals surface area contributed by atoms with Gasteiger partial charge in [-0.25, -0.2) is 28.5 Å². The number of fused-ring (bicyclic) bond motifs is 1. The molecule has 0 radical (unpaired) electrons. The number of hydrogen-bond donors (Lipinski definition) is 3. The molecule has 0 amide bonds. The Hall–Kier alpha value is -3.86. The Balaban J connectivity index is 1.37. The minimum absolute atomic E-state index is 0.288. The van der Waals surface area contributed by atoms with Crippen LogP contribution in [0.3, 0.4) is 0 Å². The van der Waals surface area contributed by atoms with Gasteiger partial charge in [-0.2, -0.15) is 0 Å². The lowest BCUT2D eigenvalue weighted by Crippen LogP contribution is -2.14. The minimum atomic E-state index is -4.02. The Morgan fingerprint density at radius 2 is 1.66 bits per heavy atom. The van der Waals surface area contributed by atoms with E-state index in [4.69, 9.17) is 20.1 Å². The maximum absolute atomic E-state index is 11.7. The molecule has 8 nitrogen and oxygen atoms in total. The lowest BCUT2D eigenvalue weighted by atomic mass is 10.1. The van der Waals surface area contributed by atoms with Crippen LogP contribution in [0.25, 0.3) is 10.2 Å². The highest BCUT2D eigenvalue weighted by molar-refractivity contribution is 7.89. The van der Waals surface area contributed by atoms with Gasteiger partial charge in [0.05, 0.1) is 26.6 Å². The number of anilines is 1. The summed E-state index contributed by atoms with van der Waals surface area (Å²) in [6, 6.07) is 22.8. The maximum Gasteiger partial charge on any atom is 0.241 e. The van der Waals surface area contributed by atoms with Crippen LogP contribution in [0, 0.1) is 6.92 Å². The monoisotopic (exact) mass is 545 g/mol. The molecule has 0 bridgehead atoms. The van der Waals surface area contributed by atoms with Gasteiger partial charge in [0.25, 0.3) is 0 Å². The van der Waals surface area contributed by atoms with Crippen molar-refractivity contribution in [2.75, 3.05) is 11.9 Å². The number of nitrogens with one attached hydrogen (secondary N) is 1. The molecule has 0 spiro atoms. The number of sulfonamides is 1. The second kappa shape index (κ2) is 10.9. The Bertz CT molecular complexity index is 1700. The zero-order chi connectivity index (χ0) is 26.7. The highest BCUT2D eigenvalue weighted by Gasteiger charge is 2.15. The first-order valence-corrected chi connectivity index (χ1v) is 14.4. The van der Waals surface area contributed by atoms with Gasteiger partial charge in [-0.05, 0) is 60.4 Å². The molecule has 0 aliphatic heterocycles. The Labute approximate surface area is 225 Å². The molecule has 4 N–H and O–H groups in total. The maximum atomic E-state index is 11.7. The fraction of sp³-hybridized carbons (Fsp3) is 0.179. The van der Waals surface area contributed by atoms with Gasteiger partial charge < -0.3 is 10.4 Å². The summed E-state index contributed by atoms with van der Waals surface area (Å²) in [7, 11) is -4.02. The standard InChI is InChI=1S/C28H27N5O3S2/c1-18-7-9-23-25(13-18)37-27(33-23)17-22-16-21(14-19-5-3-2-4-6-19)31-28(32-22)30-12-11-20-8-10-24(34)26(15-20)38(29,35)36/h2-10,13,15-16,34H,11-12,14,17H2,1H3,(H2,29,35,36)(H,30,31,32). The number of benzene rings is 3. The zero-order valence-corrected chi connectivity index (χ0v) is 22.4. The molecule has 0 unspecified atom stereocenters. The SMILES string of the molecule is Cc1ccc2nc(Cc3cc(Cc4ccccc4)nc(NCCc4ccc(O)c(S(N)(=O)=O)c4)n3)sc2c1. The molecule has 0 aliphatic carbocycles. The molecule has 0 saturated heterocycles. The van der Waals surface area contributed by atoms with Crippen molar-refractivity contribution >= 4 is 37.5 Å². The quantitative estimate of drug-likeness (QED) is 0.247. The van der Waals surface area contributed by atoms with Crippen molar-refractivity contribution in [1.82, 2.24) is 15.0 Å². The molecule has 2 heterocycles. The summed E-state index contributed by atoms with van der Waals surface area (Å²) >= 11 is 1.67. The Kier molecular flexibility index (Phi) is 7.37. The van der Waals surface area contributed by atoms with Crippen molar-refractivity contribution in [3.63, 3.8) is 0 Å². The van der Waals surface area contributed by atoms with Crippen molar-refractivity contribution in [2.24, 2.45) is 5.14 Å². The lowest BCUT2D eigenvalue weighted by Gasteiger charge is -2.11. The number of aryl methyl sites for hydroxylation is 1. The summed E-state index contributed by atoms with van der Waals surface area (Å²) in [4.78, 5) is 14.0. The number of aromatic nitrogens is 3. The van der Waals surface area contributed by atoms with E-state index in [0.29, 0.717) is 37.3 Å². The normalized spacial score (nSPS) is 11.6. The second-order valence-corrected chi connectivity index (χ2v) is 11.8. The van der Waals surface area contributed by atoms with E-state index in [0.717, 1.165) is 32.2 Å². The predicted molar refractivity (Wildman–Crippen MR) is 150 cm³/mol. The van der Waals surface area contributed by atoms with Gasteiger partial charge in [0.2, 0.25) is 16.0 Å². The van der Waals surface area contributed by atoms with E-state index in [1.165, 1.54) is 17.7 Å². The van der Waals surface area contributed by atoms with Crippen LogP contribution in [-0.2, 0) is 29.3 Å². The number of nitrogens with zero attached hydrogens (tertiary/aromatic N) is 3. The summed E-state index contributed by atoms with van der Waals surface area (Å²) in [6.45, 7) is 2.54. The predicted octanol–water partition coefficient (Wildman–Crippen LogP) is 4.58. The summed E-state index contributed by atoms with van der Waals surface area (Å²) in [5.41, 5.74) is 5.81. The lowest BCUT2D eigenvalue weighted by molar-refractivity contribution is 0.458. The first-order chi connectivity index (χ1) is 18.2. The Morgan fingerprint density at radius 1 is 0.895 bits per heavy atom. The average molecular weight is 546 g/mol. The van der Waals surface area contributed by atoms with Crippen LogP contribution >= 0.6 is 11.3 Å². The van der Waals surface area contributed by atoms with Gasteiger partial charge >= 0.3 is 0 Å². The molecule has 0 saturated carbocycles. The first kappa shape index (κ1) is 25.8. The molecule has 0 fully saturated rings. The van der Waals surface area contributed by atoms with Crippen LogP contribution in [-0.4, -0.2) is 35.0 Å². The zero-order valence-electron chi connectivity index (χ0n) is 20.8. The van der Waals surface area contributed by atoms with Crippen LogP contribution in [0.15, 0.2) is 77.7 Å². The van der Waals surface area contributed by atoms with E-state index in [1.807, 2.05) is 30.3 Å². The van der Waals surface area contributed by atoms with E-state index in [-0.39, 0.29) is 10.6 Å². The van der Waals surface area contributed by atoms with Crippen molar-refractivity contribution < 1.29 is 13.5 Å². The molecule has 2 aromatic heterocycles. The molecule has 38 heavy (non-hydrogen) atoms. The van der Waals surface area contributed by atoms with Gasteiger partial charge in [0.1, 0.15) is 10.6 Å². The van der Waals surface area contributed by atoms with Crippen LogP contribution < -0.4 is 10.5 Å². The van der Waals surface area contributed by atoms with Crippen LogP contribution in [0.5, 0.6) is 5.75 Å². The summed E-state index contributed by atoms with van der Waals surface area (Å²) in [6.07, 6.45) is 1.74. The van der Waals surface area contributed by atoms with Crippen molar-refractivity contribution in [2.45, 2.75) is 31.1 Å². The first-order valence-electron chi connectivity index (χ1n) is 12.1. The van der Waals surface area contributed by atoms with Crippen LogP contribution in [0.1, 0.15) is 33.1 Å². The molecular weight excluding hydrogens is 518 g/mol. The van der Waals surface area contributed by atoms with E-state index in [1.54, 1.807) is 17.4 Å². The minimum Gasteiger partial charge on any atom is -0.507 e. The van der Waals surface area contributed by atoms with Gasteiger partial charge in [-0.3, -0.25) is 0 Å². The fourth-order valence-electron chi connectivity index (χ4n) is 4.19. The van der Waals surface area contributed by atoms with E-state index in [2.05, 4.69) is 36.5 Å². The van der Waals surface area contributed by atoms with Crippen LogP contribution in [0.4, 0.5) is 5.95 Å². The third-order valence-electron chi connectivity index (χ3n) is 6.01. The number of nitrogens with two attached hydrogens (primary N) is 1. The van der Waals surface area contributed by atoms with E-state index < -0.39 is 10.0 Å². The molecule has 5 aromatic rings. The van der Waals surface area contributed by atoms with Gasteiger partial charge in [-0.1, -0.05) is 42.5 Å². The molecule has 3 aromatic carbocycles. The van der Waals surface area contributed by atoms with Crippen LogP contribution in [0.2, 0.25) is 0 Å². The third-order valence-corrected chi connectivity index (χ3v) is 7.97. The van der Waals surface area contributed by atoms with E-state index >= 15 is 0 Å². The molecular formula is C28H27N5O3S2. The molecule has 194 valence electrons. The number of phenols is 1. The van der Waals surface area contributed by atoms with Crippen molar-refractivity contribution in [3.05, 3.63) is 106 Å². The highest BCUT2D eigenvalue weighted by atomic mass is 32.2. The average Bonchev–Trinajstić information content (AvgIpc) is 3.26. The molecule has 10 heteroatoms. The Morgan fingerprint density at radius 3 is 2.42 bits per heavy atom. The summed E-state index contributed by atoms with van der Waals surface area (Å²) in [5, 5.41) is 19.3. The smallest absolute Gasteiger partial charge is 0.241 e. The molecule has 0 atom stereocenters. The number of rotatable bonds is 9. The largest absolute Gasteiger partial charge is 0.507 e. The second-order valence-electron chi connectivity index (χ2n) is 9.12. The fourth-order valence-corrected chi connectivity index (χ4v) is 5.95. The number of hydrogen-bond acceptors (Lipinski definition) is 8. The number of phenolic OH excluding ortho intramolecular Hbond substituents is 1.